The van der Waals surface area contributed by atoms with Crippen LogP contribution in [0.4, 0.5) is 4.79 Å². The minimum Gasteiger partial charge on any atom is -0.334 e. The van der Waals surface area contributed by atoms with Gasteiger partial charge >= 0.3 is 6.03 Å². The number of nitrogens with one attached hydrogen (secondary N) is 2. The third-order valence-electron chi connectivity index (χ3n) is 2.61. The van der Waals surface area contributed by atoms with Crippen LogP contribution in [0.2, 0.25) is 0 Å². The fourth-order valence-electron chi connectivity index (χ4n) is 1.82. The summed E-state index contributed by atoms with van der Waals surface area (Å²) in [6.45, 7) is 10.8. The van der Waals surface area contributed by atoms with Crippen LogP contribution in [0.1, 0.15) is 51.7 Å². The summed E-state index contributed by atoms with van der Waals surface area (Å²) in [4.78, 5) is 11.7. The lowest BCUT2D eigenvalue weighted by atomic mass is 9.97. The van der Waals surface area contributed by atoms with Gasteiger partial charge in [-0.05, 0) is 37.8 Å². The summed E-state index contributed by atoms with van der Waals surface area (Å²) < 4.78 is 0. The van der Waals surface area contributed by atoms with Gasteiger partial charge in [0.05, 0.1) is 0 Å². The minimum absolute atomic E-state index is 0.124. The molecule has 1 aromatic carbocycles. The van der Waals surface area contributed by atoms with E-state index in [0.717, 1.165) is 0 Å². The molecule has 100 valence electrons. The summed E-state index contributed by atoms with van der Waals surface area (Å²) in [5, 5.41) is 5.79. The van der Waals surface area contributed by atoms with E-state index in [2.05, 4.69) is 36.6 Å². The van der Waals surface area contributed by atoms with Crippen molar-refractivity contribution in [3.8, 4) is 0 Å². The first-order chi connectivity index (χ1) is 8.29. The van der Waals surface area contributed by atoms with Gasteiger partial charge in [-0.3, -0.25) is 0 Å². The van der Waals surface area contributed by atoms with Crippen LogP contribution in [0.3, 0.4) is 0 Å². The van der Waals surface area contributed by atoms with Crippen molar-refractivity contribution >= 4 is 6.03 Å². The Morgan fingerprint density at radius 3 is 2.39 bits per heavy atom. The largest absolute Gasteiger partial charge is 0.334 e. The van der Waals surface area contributed by atoms with Crippen LogP contribution in [0.15, 0.2) is 24.3 Å². The van der Waals surface area contributed by atoms with Crippen molar-refractivity contribution in [1.82, 2.24) is 10.6 Å². The normalized spacial score (nSPS) is 11.4. The second kappa shape index (κ2) is 5.89. The van der Waals surface area contributed by atoms with Gasteiger partial charge in [-0.1, -0.05) is 38.1 Å². The fourth-order valence-corrected chi connectivity index (χ4v) is 1.82. The molecular formula is C15H24N2O. The summed E-state index contributed by atoms with van der Waals surface area (Å²) >= 11 is 0. The minimum atomic E-state index is -0.207. The number of hydrogen-bond acceptors (Lipinski definition) is 1. The zero-order valence-corrected chi connectivity index (χ0v) is 12.0. The van der Waals surface area contributed by atoms with Gasteiger partial charge in [0.25, 0.3) is 0 Å². The molecule has 0 aromatic heterocycles. The molecule has 0 aliphatic rings. The molecule has 0 spiro atoms. The van der Waals surface area contributed by atoms with Crippen molar-refractivity contribution < 1.29 is 4.79 Å². The molecule has 0 heterocycles. The predicted octanol–water partition coefficient (Wildman–Crippen LogP) is 3.41. The summed E-state index contributed by atoms with van der Waals surface area (Å²) in [5.74, 6) is 0.466. The van der Waals surface area contributed by atoms with Gasteiger partial charge in [0.2, 0.25) is 0 Å². The van der Waals surface area contributed by atoms with E-state index in [0.29, 0.717) is 12.5 Å². The Morgan fingerprint density at radius 1 is 1.22 bits per heavy atom. The molecule has 0 atom stereocenters. The molecule has 1 aromatic rings. The van der Waals surface area contributed by atoms with Gasteiger partial charge in [-0.25, -0.2) is 4.79 Å². The second-order valence-electron chi connectivity index (χ2n) is 5.91. The Hall–Kier alpha value is -1.51. The molecule has 0 bridgehead atoms. The highest BCUT2D eigenvalue weighted by Gasteiger charge is 2.13. The average molecular weight is 248 g/mol. The van der Waals surface area contributed by atoms with E-state index >= 15 is 0 Å². The lowest BCUT2D eigenvalue weighted by Crippen LogP contribution is -2.46. The summed E-state index contributed by atoms with van der Waals surface area (Å²) in [7, 11) is 0. The monoisotopic (exact) mass is 248 g/mol. The molecule has 1 rings (SSSR count). The van der Waals surface area contributed by atoms with Gasteiger partial charge < -0.3 is 10.6 Å². The molecule has 0 aliphatic carbocycles. The number of hydrogen-bond donors (Lipinski definition) is 2. The summed E-state index contributed by atoms with van der Waals surface area (Å²) in [6, 6.07) is 8.09. The van der Waals surface area contributed by atoms with Crippen LogP contribution in [0, 0.1) is 0 Å². The standard InChI is InChI=1S/C15H24N2O/c1-11(2)13-9-7-6-8-12(13)10-16-14(18)17-15(3,4)5/h6-9,11H,10H2,1-5H3,(H2,16,17,18). The fraction of sp³-hybridized carbons (Fsp3) is 0.533. The third-order valence-corrected chi connectivity index (χ3v) is 2.61. The number of amides is 2. The van der Waals surface area contributed by atoms with Crippen molar-refractivity contribution in [2.75, 3.05) is 0 Å². The highest BCUT2D eigenvalue weighted by atomic mass is 16.2. The molecule has 0 unspecified atom stereocenters. The molecule has 0 fully saturated rings. The molecule has 0 radical (unpaired) electrons. The van der Waals surface area contributed by atoms with Gasteiger partial charge in [0.15, 0.2) is 0 Å². The van der Waals surface area contributed by atoms with Crippen LogP contribution in [-0.2, 0) is 6.54 Å². The maximum absolute atomic E-state index is 11.7. The number of carbonyl (C=O) groups is 1. The van der Waals surface area contributed by atoms with E-state index in [1.165, 1.54) is 11.1 Å². The Balaban J connectivity index is 2.61. The van der Waals surface area contributed by atoms with Crippen LogP contribution in [-0.4, -0.2) is 11.6 Å². The van der Waals surface area contributed by atoms with Crippen LogP contribution >= 0.6 is 0 Å². The van der Waals surface area contributed by atoms with E-state index in [1.807, 2.05) is 32.9 Å². The molecule has 3 heteroatoms. The Bertz CT molecular complexity index is 405. The van der Waals surface area contributed by atoms with Crippen molar-refractivity contribution in [3.05, 3.63) is 35.4 Å². The van der Waals surface area contributed by atoms with Gasteiger partial charge in [-0.15, -0.1) is 0 Å². The smallest absolute Gasteiger partial charge is 0.315 e. The Labute approximate surface area is 110 Å². The molecule has 0 saturated carbocycles. The van der Waals surface area contributed by atoms with Crippen molar-refractivity contribution in [3.63, 3.8) is 0 Å². The van der Waals surface area contributed by atoms with Crippen LogP contribution in [0.5, 0.6) is 0 Å². The molecule has 0 saturated heterocycles. The first-order valence-corrected chi connectivity index (χ1v) is 6.43. The van der Waals surface area contributed by atoms with E-state index in [-0.39, 0.29) is 11.6 Å². The lowest BCUT2D eigenvalue weighted by Gasteiger charge is -2.21. The van der Waals surface area contributed by atoms with Gasteiger partial charge in [0, 0.05) is 12.1 Å². The van der Waals surface area contributed by atoms with Crippen molar-refractivity contribution in [2.45, 2.75) is 52.6 Å². The zero-order valence-electron chi connectivity index (χ0n) is 12.0. The Kier molecular flexibility index (Phi) is 4.76. The first kappa shape index (κ1) is 14.6. The number of rotatable bonds is 3. The summed E-state index contributed by atoms with van der Waals surface area (Å²) in [5.41, 5.74) is 2.26. The topological polar surface area (TPSA) is 41.1 Å². The van der Waals surface area contributed by atoms with Crippen LogP contribution in [0.25, 0.3) is 0 Å². The zero-order chi connectivity index (χ0) is 13.8. The van der Waals surface area contributed by atoms with E-state index in [9.17, 15) is 4.79 Å². The van der Waals surface area contributed by atoms with E-state index in [1.54, 1.807) is 0 Å². The maximum atomic E-state index is 11.7. The third kappa shape index (κ3) is 4.78. The molecule has 3 nitrogen and oxygen atoms in total. The molecule has 2 amide bonds. The maximum Gasteiger partial charge on any atom is 0.315 e. The van der Waals surface area contributed by atoms with Crippen LogP contribution < -0.4 is 10.6 Å². The highest BCUT2D eigenvalue weighted by molar-refractivity contribution is 5.74. The molecule has 0 aliphatic heterocycles. The van der Waals surface area contributed by atoms with E-state index in [4.69, 9.17) is 0 Å². The second-order valence-corrected chi connectivity index (χ2v) is 5.91. The molecular weight excluding hydrogens is 224 g/mol. The van der Waals surface area contributed by atoms with Crippen molar-refractivity contribution in [1.29, 1.82) is 0 Å². The summed E-state index contributed by atoms with van der Waals surface area (Å²) in [6.07, 6.45) is 0. The number of carbonyl (C=O) groups excluding carboxylic acids is 1. The number of urea groups is 1. The SMILES string of the molecule is CC(C)c1ccccc1CNC(=O)NC(C)(C)C. The molecule has 18 heavy (non-hydrogen) atoms. The van der Waals surface area contributed by atoms with Gasteiger partial charge in [-0.2, -0.15) is 0 Å². The highest BCUT2D eigenvalue weighted by Crippen LogP contribution is 2.18. The quantitative estimate of drug-likeness (QED) is 0.845. The first-order valence-electron chi connectivity index (χ1n) is 6.43. The van der Waals surface area contributed by atoms with Crippen molar-refractivity contribution in [2.24, 2.45) is 0 Å². The lowest BCUT2D eigenvalue weighted by molar-refractivity contribution is 0.231. The van der Waals surface area contributed by atoms with Gasteiger partial charge in [0.1, 0.15) is 0 Å². The number of benzene rings is 1. The Morgan fingerprint density at radius 2 is 1.83 bits per heavy atom. The average Bonchev–Trinajstić information content (AvgIpc) is 2.24. The molecule has 2 N–H and O–H groups in total. The van der Waals surface area contributed by atoms with E-state index < -0.39 is 0 Å². The predicted molar refractivity (Wildman–Crippen MR) is 75.7 cm³/mol.